The Bertz CT molecular complexity index is 460. The summed E-state index contributed by atoms with van der Waals surface area (Å²) in [4.78, 5) is 0.796. The predicted octanol–water partition coefficient (Wildman–Crippen LogP) is 2.29. The third-order valence-electron chi connectivity index (χ3n) is 2.05. The fourth-order valence-corrected chi connectivity index (χ4v) is 1.61. The van der Waals surface area contributed by atoms with E-state index in [-0.39, 0.29) is 0 Å². The van der Waals surface area contributed by atoms with Crippen LogP contribution in [-0.2, 0) is 0 Å². The van der Waals surface area contributed by atoms with Gasteiger partial charge in [-0.1, -0.05) is 12.1 Å². The Hall–Kier alpha value is -1.35. The van der Waals surface area contributed by atoms with Crippen LogP contribution < -0.4 is 11.5 Å². The van der Waals surface area contributed by atoms with Crippen molar-refractivity contribution >= 4 is 34.8 Å². The summed E-state index contributed by atoms with van der Waals surface area (Å²) in [5.41, 5.74) is 12.8. The fourth-order valence-electron chi connectivity index (χ4n) is 1.34. The Morgan fingerprint density at radius 3 is 2.46 bits per heavy atom. The molecule has 2 aromatic carbocycles. The van der Waals surface area contributed by atoms with Gasteiger partial charge in [0.25, 0.3) is 0 Å². The molecule has 2 nitrogen and oxygen atoms in total. The van der Waals surface area contributed by atoms with Crippen LogP contribution >= 0.6 is 12.6 Å². The van der Waals surface area contributed by atoms with Crippen LogP contribution in [0, 0.1) is 0 Å². The van der Waals surface area contributed by atoms with Crippen LogP contribution in [0.15, 0.2) is 35.2 Å². The van der Waals surface area contributed by atoms with Gasteiger partial charge in [-0.3, -0.25) is 0 Å². The van der Waals surface area contributed by atoms with Gasteiger partial charge in [0.1, 0.15) is 0 Å². The molecule has 66 valence electrons. The van der Waals surface area contributed by atoms with Crippen molar-refractivity contribution in [1.29, 1.82) is 0 Å². The lowest BCUT2D eigenvalue weighted by Gasteiger charge is -2.04. The highest BCUT2D eigenvalue weighted by molar-refractivity contribution is 7.80. The number of anilines is 2. The molecule has 0 aliphatic heterocycles. The number of nitrogen functional groups attached to an aromatic ring is 2. The quantitative estimate of drug-likeness (QED) is 0.441. The zero-order valence-corrected chi connectivity index (χ0v) is 7.88. The Morgan fingerprint density at radius 1 is 1.00 bits per heavy atom. The van der Waals surface area contributed by atoms with Gasteiger partial charge < -0.3 is 11.5 Å². The number of nitrogens with two attached hydrogens (primary N) is 2. The van der Waals surface area contributed by atoms with Gasteiger partial charge in [-0.05, 0) is 29.0 Å². The average molecular weight is 190 g/mol. The summed E-state index contributed by atoms with van der Waals surface area (Å²) in [6.45, 7) is 0. The molecule has 0 aliphatic rings. The monoisotopic (exact) mass is 190 g/mol. The van der Waals surface area contributed by atoms with E-state index in [1.54, 1.807) is 0 Å². The van der Waals surface area contributed by atoms with Gasteiger partial charge in [-0.25, -0.2) is 0 Å². The van der Waals surface area contributed by atoms with Crippen molar-refractivity contribution in [2.75, 3.05) is 11.5 Å². The van der Waals surface area contributed by atoms with E-state index in [2.05, 4.69) is 12.6 Å². The fraction of sp³-hybridized carbons (Fsp3) is 0. The Labute approximate surface area is 81.9 Å². The van der Waals surface area contributed by atoms with E-state index >= 15 is 0 Å². The van der Waals surface area contributed by atoms with Gasteiger partial charge in [0, 0.05) is 16.3 Å². The second kappa shape index (κ2) is 2.85. The molecule has 0 aromatic heterocycles. The average Bonchev–Trinajstić information content (AvgIpc) is 2.12. The smallest absolute Gasteiger partial charge is 0.0456 e. The molecule has 0 bridgehead atoms. The van der Waals surface area contributed by atoms with Crippen molar-refractivity contribution < 1.29 is 0 Å². The Balaban J connectivity index is 2.89. The van der Waals surface area contributed by atoms with E-state index in [0.29, 0.717) is 5.69 Å². The number of fused-ring (bicyclic) bond motifs is 1. The van der Waals surface area contributed by atoms with E-state index < -0.39 is 0 Å². The van der Waals surface area contributed by atoms with Crippen LogP contribution in [0.1, 0.15) is 0 Å². The van der Waals surface area contributed by atoms with Gasteiger partial charge in [0.05, 0.1) is 0 Å². The van der Waals surface area contributed by atoms with Crippen LogP contribution in [0.4, 0.5) is 11.4 Å². The largest absolute Gasteiger partial charge is 0.399 e. The molecule has 0 fully saturated rings. The highest BCUT2D eigenvalue weighted by atomic mass is 32.1. The molecular formula is C10H10N2S. The third kappa shape index (κ3) is 1.31. The van der Waals surface area contributed by atoms with Crippen LogP contribution in [0.3, 0.4) is 0 Å². The van der Waals surface area contributed by atoms with E-state index in [9.17, 15) is 0 Å². The van der Waals surface area contributed by atoms with Gasteiger partial charge in [-0.15, -0.1) is 12.6 Å². The zero-order chi connectivity index (χ0) is 9.42. The minimum Gasteiger partial charge on any atom is -0.399 e. The number of thiol groups is 1. The van der Waals surface area contributed by atoms with Crippen LogP contribution in [0.25, 0.3) is 10.8 Å². The second-order valence-electron chi connectivity index (χ2n) is 2.98. The SMILES string of the molecule is Nc1ccc2ccc(N)c(S)c2c1. The summed E-state index contributed by atoms with van der Waals surface area (Å²) in [5.74, 6) is 0. The van der Waals surface area contributed by atoms with Gasteiger partial charge >= 0.3 is 0 Å². The molecule has 3 heteroatoms. The van der Waals surface area contributed by atoms with Gasteiger partial charge in [0.2, 0.25) is 0 Å². The zero-order valence-electron chi connectivity index (χ0n) is 6.99. The first kappa shape index (κ1) is 8.26. The van der Waals surface area contributed by atoms with Crippen molar-refractivity contribution in [2.45, 2.75) is 4.90 Å². The van der Waals surface area contributed by atoms with Gasteiger partial charge in [0.15, 0.2) is 0 Å². The maximum atomic E-state index is 5.72. The molecule has 0 atom stereocenters. The number of hydrogen-bond donors (Lipinski definition) is 3. The molecule has 0 aliphatic carbocycles. The van der Waals surface area contributed by atoms with Crippen molar-refractivity contribution in [3.05, 3.63) is 30.3 Å². The predicted molar refractivity (Wildman–Crippen MR) is 60.0 cm³/mol. The molecule has 2 aromatic rings. The van der Waals surface area contributed by atoms with Crippen LogP contribution in [0.2, 0.25) is 0 Å². The first-order valence-electron chi connectivity index (χ1n) is 3.95. The third-order valence-corrected chi connectivity index (χ3v) is 2.55. The summed E-state index contributed by atoms with van der Waals surface area (Å²) in [6, 6.07) is 9.52. The Kier molecular flexibility index (Phi) is 1.81. The van der Waals surface area contributed by atoms with Crippen molar-refractivity contribution in [3.63, 3.8) is 0 Å². The molecular weight excluding hydrogens is 180 g/mol. The lowest BCUT2D eigenvalue weighted by Crippen LogP contribution is -1.89. The highest BCUT2D eigenvalue weighted by Gasteiger charge is 2.01. The van der Waals surface area contributed by atoms with E-state index in [1.165, 1.54) is 0 Å². The van der Waals surface area contributed by atoms with Crippen molar-refractivity contribution in [2.24, 2.45) is 0 Å². The minimum absolute atomic E-state index is 0.682. The van der Waals surface area contributed by atoms with Crippen molar-refractivity contribution in [3.8, 4) is 0 Å². The summed E-state index contributed by atoms with van der Waals surface area (Å²) in [5, 5.41) is 2.11. The maximum absolute atomic E-state index is 5.72. The number of hydrogen-bond acceptors (Lipinski definition) is 3. The summed E-state index contributed by atoms with van der Waals surface area (Å²) < 4.78 is 0. The first-order chi connectivity index (χ1) is 6.18. The summed E-state index contributed by atoms with van der Waals surface area (Å²) in [6.07, 6.45) is 0. The van der Waals surface area contributed by atoms with Crippen LogP contribution in [-0.4, -0.2) is 0 Å². The molecule has 4 N–H and O–H groups in total. The maximum Gasteiger partial charge on any atom is 0.0456 e. The molecule has 0 amide bonds. The lowest BCUT2D eigenvalue weighted by molar-refractivity contribution is 1.55. The van der Waals surface area contributed by atoms with Gasteiger partial charge in [-0.2, -0.15) is 0 Å². The van der Waals surface area contributed by atoms with E-state index in [4.69, 9.17) is 11.5 Å². The topological polar surface area (TPSA) is 52.0 Å². The van der Waals surface area contributed by atoms with Crippen LogP contribution in [0.5, 0.6) is 0 Å². The first-order valence-corrected chi connectivity index (χ1v) is 4.40. The number of rotatable bonds is 0. The van der Waals surface area contributed by atoms with E-state index in [1.807, 2.05) is 30.3 Å². The lowest BCUT2D eigenvalue weighted by atomic mass is 10.1. The minimum atomic E-state index is 0.682. The highest BCUT2D eigenvalue weighted by Crippen LogP contribution is 2.28. The normalized spacial score (nSPS) is 10.5. The Morgan fingerprint density at radius 2 is 1.69 bits per heavy atom. The molecule has 0 spiro atoms. The second-order valence-corrected chi connectivity index (χ2v) is 3.43. The molecule has 13 heavy (non-hydrogen) atoms. The molecule has 0 unspecified atom stereocenters. The molecule has 0 radical (unpaired) electrons. The molecule has 0 saturated heterocycles. The van der Waals surface area contributed by atoms with E-state index in [0.717, 1.165) is 21.4 Å². The summed E-state index contributed by atoms with van der Waals surface area (Å²) >= 11 is 4.33. The molecule has 2 rings (SSSR count). The summed E-state index contributed by atoms with van der Waals surface area (Å²) in [7, 11) is 0. The molecule has 0 saturated carbocycles. The molecule has 0 heterocycles. The van der Waals surface area contributed by atoms with Crippen molar-refractivity contribution in [1.82, 2.24) is 0 Å². The number of benzene rings is 2. The standard InChI is InChI=1S/C10H10N2S/c11-7-3-1-6-2-4-9(12)10(13)8(6)5-7/h1-5,13H,11-12H2.